The molecule has 25 heavy (non-hydrogen) atoms. The van der Waals surface area contributed by atoms with Gasteiger partial charge in [0.1, 0.15) is 12.1 Å². The maximum absolute atomic E-state index is 12.1. The molecule has 0 radical (unpaired) electrons. The maximum atomic E-state index is 12.1. The number of benzene rings is 1. The highest BCUT2D eigenvalue weighted by Gasteiger charge is 2.33. The van der Waals surface area contributed by atoms with Gasteiger partial charge in [-0.1, -0.05) is 41.3 Å². The van der Waals surface area contributed by atoms with Crippen LogP contribution in [0.3, 0.4) is 0 Å². The van der Waals surface area contributed by atoms with E-state index in [4.69, 9.17) is 32.5 Å². The molecule has 9 heteroatoms. The Hall–Kier alpha value is -2.25. The number of carboxylic acid groups (broad SMARTS) is 1. The summed E-state index contributed by atoms with van der Waals surface area (Å²) >= 11 is 12.0. The highest BCUT2D eigenvalue weighted by Crippen LogP contribution is 2.32. The SMILES string of the molecule is CCC(C)(NC(=O)c1cc(COc2c(Cl)cccc2Cl)on1)C(=O)O. The van der Waals surface area contributed by atoms with Crippen LogP contribution in [-0.4, -0.2) is 27.7 Å². The molecule has 0 saturated heterocycles. The van der Waals surface area contributed by atoms with E-state index in [9.17, 15) is 14.7 Å². The second-order valence-electron chi connectivity index (χ2n) is 5.46. The van der Waals surface area contributed by atoms with Crippen LogP contribution in [0.5, 0.6) is 5.75 Å². The van der Waals surface area contributed by atoms with Gasteiger partial charge in [-0.05, 0) is 25.5 Å². The minimum atomic E-state index is -1.39. The van der Waals surface area contributed by atoms with Crippen LogP contribution in [0.2, 0.25) is 10.0 Å². The van der Waals surface area contributed by atoms with E-state index in [2.05, 4.69) is 10.5 Å². The van der Waals surface area contributed by atoms with E-state index in [0.717, 1.165) is 0 Å². The number of hydrogen-bond donors (Lipinski definition) is 2. The molecule has 0 aliphatic carbocycles. The van der Waals surface area contributed by atoms with Crippen LogP contribution in [0.1, 0.15) is 36.5 Å². The number of halogens is 2. The normalized spacial score (nSPS) is 13.1. The van der Waals surface area contributed by atoms with Gasteiger partial charge in [0.15, 0.2) is 17.2 Å². The topological polar surface area (TPSA) is 102 Å². The zero-order chi connectivity index (χ0) is 18.6. The van der Waals surface area contributed by atoms with Gasteiger partial charge in [0.05, 0.1) is 10.0 Å². The highest BCUT2D eigenvalue weighted by atomic mass is 35.5. The lowest BCUT2D eigenvalue weighted by Gasteiger charge is -2.23. The number of aromatic nitrogens is 1. The predicted molar refractivity (Wildman–Crippen MR) is 91.1 cm³/mol. The molecule has 1 amide bonds. The van der Waals surface area contributed by atoms with Crippen LogP contribution < -0.4 is 10.1 Å². The standard InChI is InChI=1S/C16H16Cl2N2O5/c1-3-16(2,15(22)23)19-14(21)12-7-9(25-20-12)8-24-13-10(17)5-4-6-11(13)18/h4-7H,3,8H2,1-2H3,(H,19,21)(H,22,23). The van der Waals surface area contributed by atoms with Crippen molar-refractivity contribution in [2.24, 2.45) is 0 Å². The molecule has 0 fully saturated rings. The van der Waals surface area contributed by atoms with Crippen molar-refractivity contribution in [1.29, 1.82) is 0 Å². The number of nitrogens with zero attached hydrogens (tertiary/aromatic N) is 1. The molecule has 0 aliphatic heterocycles. The van der Waals surface area contributed by atoms with E-state index < -0.39 is 17.4 Å². The molecule has 0 aliphatic rings. The van der Waals surface area contributed by atoms with Gasteiger partial charge >= 0.3 is 5.97 Å². The molecule has 1 unspecified atom stereocenters. The number of rotatable bonds is 7. The van der Waals surface area contributed by atoms with E-state index in [1.165, 1.54) is 13.0 Å². The minimum Gasteiger partial charge on any atom is -0.482 e. The molecule has 1 heterocycles. The first-order valence-corrected chi connectivity index (χ1v) is 8.10. The first-order valence-electron chi connectivity index (χ1n) is 7.35. The van der Waals surface area contributed by atoms with Crippen molar-refractivity contribution in [2.45, 2.75) is 32.4 Å². The Balaban J connectivity index is 2.05. The first-order chi connectivity index (χ1) is 11.8. The number of para-hydroxylation sites is 1. The Labute approximate surface area is 153 Å². The van der Waals surface area contributed by atoms with Crippen LogP contribution >= 0.6 is 23.2 Å². The summed E-state index contributed by atoms with van der Waals surface area (Å²) in [5.74, 6) is -1.24. The van der Waals surface area contributed by atoms with E-state index in [1.54, 1.807) is 25.1 Å². The van der Waals surface area contributed by atoms with Crippen LogP contribution in [0.4, 0.5) is 0 Å². The van der Waals surface area contributed by atoms with Crippen LogP contribution in [0, 0.1) is 0 Å². The predicted octanol–water partition coefficient (Wildman–Crippen LogP) is 3.54. The number of hydrogen-bond acceptors (Lipinski definition) is 5. The Morgan fingerprint density at radius 2 is 2.00 bits per heavy atom. The lowest BCUT2D eigenvalue weighted by Crippen LogP contribution is -2.51. The number of carbonyl (C=O) groups is 2. The molecule has 0 bridgehead atoms. The smallest absolute Gasteiger partial charge is 0.329 e. The van der Waals surface area contributed by atoms with Crippen LogP contribution in [0.15, 0.2) is 28.8 Å². The third-order valence-electron chi connectivity index (χ3n) is 3.64. The summed E-state index contributed by atoms with van der Waals surface area (Å²) in [6.07, 6.45) is 0.215. The second-order valence-corrected chi connectivity index (χ2v) is 6.28. The first kappa shape index (κ1) is 19.1. The molecule has 2 rings (SSSR count). The Morgan fingerprint density at radius 3 is 2.56 bits per heavy atom. The Morgan fingerprint density at radius 1 is 1.36 bits per heavy atom. The lowest BCUT2D eigenvalue weighted by atomic mass is 9.99. The van der Waals surface area contributed by atoms with Crippen molar-refractivity contribution in [2.75, 3.05) is 0 Å². The highest BCUT2D eigenvalue weighted by molar-refractivity contribution is 6.37. The molecular formula is C16H16Cl2N2O5. The molecule has 2 aromatic rings. The zero-order valence-corrected chi connectivity index (χ0v) is 15.0. The average Bonchev–Trinajstić information content (AvgIpc) is 3.03. The number of carbonyl (C=O) groups excluding carboxylic acids is 1. The van der Waals surface area contributed by atoms with Gasteiger partial charge in [0.2, 0.25) is 0 Å². The third kappa shape index (κ3) is 4.43. The zero-order valence-electron chi connectivity index (χ0n) is 13.5. The van der Waals surface area contributed by atoms with E-state index in [0.29, 0.717) is 10.0 Å². The molecule has 1 atom stereocenters. The summed E-state index contributed by atoms with van der Waals surface area (Å²) in [5.41, 5.74) is -1.44. The quantitative estimate of drug-likeness (QED) is 0.754. The maximum Gasteiger partial charge on any atom is 0.329 e. The summed E-state index contributed by atoms with van der Waals surface area (Å²) < 4.78 is 10.5. The molecule has 0 saturated carbocycles. The summed E-state index contributed by atoms with van der Waals surface area (Å²) in [4.78, 5) is 23.4. The van der Waals surface area contributed by atoms with Gasteiger partial charge in [0, 0.05) is 6.07 Å². The van der Waals surface area contributed by atoms with Crippen molar-refractivity contribution >= 4 is 35.1 Å². The van der Waals surface area contributed by atoms with Crippen molar-refractivity contribution < 1.29 is 24.0 Å². The summed E-state index contributed by atoms with van der Waals surface area (Å²) in [6.45, 7) is 3.02. The minimum absolute atomic E-state index is 0.0479. The summed E-state index contributed by atoms with van der Waals surface area (Å²) in [5, 5.41) is 15.9. The molecule has 1 aromatic heterocycles. The number of aliphatic carboxylic acids is 1. The Bertz CT molecular complexity index is 772. The van der Waals surface area contributed by atoms with Gasteiger partial charge in [-0.3, -0.25) is 4.79 Å². The van der Waals surface area contributed by atoms with E-state index in [1.807, 2.05) is 0 Å². The Kier molecular flexibility index (Phi) is 5.92. The molecule has 0 spiro atoms. The second kappa shape index (κ2) is 7.76. The summed E-state index contributed by atoms with van der Waals surface area (Å²) in [6, 6.07) is 6.29. The fourth-order valence-electron chi connectivity index (χ4n) is 1.86. The van der Waals surface area contributed by atoms with E-state index >= 15 is 0 Å². The number of ether oxygens (including phenoxy) is 1. The van der Waals surface area contributed by atoms with Crippen molar-refractivity contribution in [3.8, 4) is 5.75 Å². The molecule has 1 aromatic carbocycles. The monoisotopic (exact) mass is 386 g/mol. The fraction of sp³-hybridized carbons (Fsp3) is 0.312. The largest absolute Gasteiger partial charge is 0.482 e. The summed E-state index contributed by atoms with van der Waals surface area (Å²) in [7, 11) is 0. The van der Waals surface area contributed by atoms with Crippen molar-refractivity contribution in [3.63, 3.8) is 0 Å². The van der Waals surface area contributed by atoms with Crippen molar-refractivity contribution in [1.82, 2.24) is 10.5 Å². The van der Waals surface area contributed by atoms with Gasteiger partial charge in [0.25, 0.3) is 5.91 Å². The lowest BCUT2D eigenvalue weighted by molar-refractivity contribution is -0.143. The van der Waals surface area contributed by atoms with Gasteiger partial charge in [-0.2, -0.15) is 0 Å². The third-order valence-corrected chi connectivity index (χ3v) is 4.23. The molecule has 2 N–H and O–H groups in total. The van der Waals surface area contributed by atoms with Gasteiger partial charge in [-0.25, -0.2) is 4.79 Å². The number of nitrogens with one attached hydrogen (secondary N) is 1. The van der Waals surface area contributed by atoms with Gasteiger partial charge in [-0.15, -0.1) is 0 Å². The fourth-order valence-corrected chi connectivity index (χ4v) is 2.37. The molecule has 134 valence electrons. The van der Waals surface area contributed by atoms with E-state index in [-0.39, 0.29) is 30.2 Å². The van der Waals surface area contributed by atoms with Crippen molar-refractivity contribution in [3.05, 3.63) is 45.8 Å². The van der Waals surface area contributed by atoms with Crippen LogP contribution in [0.25, 0.3) is 0 Å². The molecule has 7 nitrogen and oxygen atoms in total. The number of amides is 1. The number of carboxylic acids is 1. The van der Waals surface area contributed by atoms with Gasteiger partial charge < -0.3 is 19.7 Å². The average molecular weight is 387 g/mol. The molecular weight excluding hydrogens is 371 g/mol. The van der Waals surface area contributed by atoms with Crippen LogP contribution in [-0.2, 0) is 11.4 Å².